The summed E-state index contributed by atoms with van der Waals surface area (Å²) in [5, 5.41) is 4.89. The molecule has 0 saturated carbocycles. The third kappa shape index (κ3) is 1.77. The smallest absolute Gasteiger partial charge is 0.159 e. The van der Waals surface area contributed by atoms with E-state index in [1.807, 2.05) is 0 Å². The number of hydrogen-bond acceptors (Lipinski definition) is 1. The molecule has 60 valence electrons. The van der Waals surface area contributed by atoms with E-state index in [1.54, 1.807) is 0 Å². The zero-order valence-corrected chi connectivity index (χ0v) is 6.95. The molecule has 0 saturated heterocycles. The molecule has 0 radical (unpaired) electrons. The number of nitrogens with two attached hydrogens (primary N) is 1. The minimum atomic E-state index is -1.81. The van der Waals surface area contributed by atoms with Crippen LogP contribution >= 0.6 is 11.6 Å². The Morgan fingerprint density at radius 3 is 2.64 bits per heavy atom. The number of hydrogen-bond donors (Lipinski definition) is 1. The Labute approximate surface area is 70.7 Å². The van der Waals surface area contributed by atoms with Crippen molar-refractivity contribution < 1.29 is 8.60 Å². The first-order valence-corrected chi connectivity index (χ1v) is 4.32. The summed E-state index contributed by atoms with van der Waals surface area (Å²) in [4.78, 5) is -0.0718. The Hall–Kier alpha value is -0.450. The van der Waals surface area contributed by atoms with Crippen molar-refractivity contribution in [2.45, 2.75) is 4.90 Å². The van der Waals surface area contributed by atoms with Crippen LogP contribution in [0.15, 0.2) is 23.1 Å². The zero-order chi connectivity index (χ0) is 8.43. The Morgan fingerprint density at radius 1 is 1.55 bits per heavy atom. The van der Waals surface area contributed by atoms with Gasteiger partial charge < -0.3 is 0 Å². The fourth-order valence-electron chi connectivity index (χ4n) is 0.639. The third-order valence-electron chi connectivity index (χ3n) is 1.13. The maximum atomic E-state index is 12.8. The van der Waals surface area contributed by atoms with E-state index in [0.29, 0.717) is 0 Å². The van der Waals surface area contributed by atoms with Gasteiger partial charge in [0.05, 0.1) is 9.92 Å². The molecule has 0 aliphatic carbocycles. The van der Waals surface area contributed by atoms with E-state index >= 15 is 0 Å². The second-order valence-electron chi connectivity index (χ2n) is 1.85. The molecule has 0 amide bonds. The maximum absolute atomic E-state index is 12.8. The molecule has 11 heavy (non-hydrogen) atoms. The lowest BCUT2D eigenvalue weighted by Crippen LogP contribution is -2.05. The van der Waals surface area contributed by atoms with Crippen LogP contribution in [0.2, 0.25) is 5.02 Å². The van der Waals surface area contributed by atoms with E-state index in [0.717, 1.165) is 0 Å². The molecule has 0 fully saturated rings. The Bertz CT molecular complexity index is 305. The highest BCUT2D eigenvalue weighted by atomic mass is 35.5. The van der Waals surface area contributed by atoms with Gasteiger partial charge in [-0.1, -0.05) is 17.7 Å². The summed E-state index contributed by atoms with van der Waals surface area (Å²) in [5.74, 6) is -0.713. The first kappa shape index (κ1) is 8.64. The highest BCUT2D eigenvalue weighted by molar-refractivity contribution is 7.82. The van der Waals surface area contributed by atoms with Gasteiger partial charge in [-0.25, -0.2) is 13.7 Å². The Morgan fingerprint density at radius 2 is 2.18 bits per heavy atom. The zero-order valence-electron chi connectivity index (χ0n) is 5.38. The summed E-state index contributed by atoms with van der Waals surface area (Å²) in [6.07, 6.45) is 0. The monoisotopic (exact) mass is 193 g/mol. The van der Waals surface area contributed by atoms with Crippen LogP contribution in [0, 0.1) is 5.82 Å². The standard InChI is InChI=1S/C6H5ClFNOS/c7-4-2-1-3-5(6(4)8)11(9)10/h1-3H,9H2. The molecule has 1 aromatic carbocycles. The fraction of sp³-hybridized carbons (Fsp3) is 0. The molecule has 0 heterocycles. The van der Waals surface area contributed by atoms with Crippen LogP contribution in [0.25, 0.3) is 0 Å². The van der Waals surface area contributed by atoms with Gasteiger partial charge in [0.25, 0.3) is 0 Å². The van der Waals surface area contributed by atoms with Crippen LogP contribution in [-0.2, 0) is 11.0 Å². The molecular formula is C6H5ClFNOS. The SMILES string of the molecule is NS(=O)c1cccc(Cl)c1F. The average Bonchev–Trinajstić information content (AvgIpc) is 1.94. The molecule has 2 nitrogen and oxygen atoms in total. The Balaban J connectivity index is 3.27. The lowest BCUT2D eigenvalue weighted by molar-refractivity contribution is 0.596. The average molecular weight is 194 g/mol. The van der Waals surface area contributed by atoms with Gasteiger partial charge in [0, 0.05) is 0 Å². The Kier molecular flexibility index (Phi) is 2.59. The first-order valence-electron chi connectivity index (χ1n) is 2.73. The van der Waals surface area contributed by atoms with Gasteiger partial charge in [-0.05, 0) is 12.1 Å². The van der Waals surface area contributed by atoms with Crippen molar-refractivity contribution in [1.29, 1.82) is 0 Å². The van der Waals surface area contributed by atoms with E-state index < -0.39 is 16.8 Å². The molecule has 0 aromatic heterocycles. The number of halogens is 2. The number of benzene rings is 1. The summed E-state index contributed by atoms with van der Waals surface area (Å²) in [7, 11) is -1.81. The molecule has 0 aliphatic rings. The first-order chi connectivity index (χ1) is 5.13. The van der Waals surface area contributed by atoms with Crippen LogP contribution in [-0.4, -0.2) is 4.21 Å². The molecule has 0 spiro atoms. The molecule has 0 aliphatic heterocycles. The van der Waals surface area contributed by atoms with Gasteiger partial charge in [0.2, 0.25) is 0 Å². The van der Waals surface area contributed by atoms with Crippen LogP contribution in [0.5, 0.6) is 0 Å². The minimum Gasteiger partial charge on any atom is -0.247 e. The van der Waals surface area contributed by atoms with Crippen molar-refractivity contribution in [2.24, 2.45) is 5.14 Å². The molecular weight excluding hydrogens is 189 g/mol. The predicted octanol–water partition coefficient (Wildman–Crippen LogP) is 1.46. The quantitative estimate of drug-likeness (QED) is 0.721. The lowest BCUT2D eigenvalue weighted by atomic mass is 10.3. The molecule has 1 aromatic rings. The number of rotatable bonds is 1. The van der Waals surface area contributed by atoms with Crippen molar-refractivity contribution >= 4 is 22.6 Å². The van der Waals surface area contributed by atoms with Crippen molar-refractivity contribution in [1.82, 2.24) is 0 Å². The summed E-state index contributed by atoms with van der Waals surface area (Å²) >= 11 is 5.39. The summed E-state index contributed by atoms with van der Waals surface area (Å²) in [5.41, 5.74) is 0. The van der Waals surface area contributed by atoms with Crippen molar-refractivity contribution in [3.63, 3.8) is 0 Å². The molecule has 5 heteroatoms. The van der Waals surface area contributed by atoms with E-state index in [1.165, 1.54) is 18.2 Å². The maximum Gasteiger partial charge on any atom is 0.159 e. The second kappa shape index (κ2) is 3.30. The summed E-state index contributed by atoms with van der Waals surface area (Å²) in [6.45, 7) is 0. The van der Waals surface area contributed by atoms with Crippen LogP contribution in [0.1, 0.15) is 0 Å². The van der Waals surface area contributed by atoms with Crippen molar-refractivity contribution in [3.05, 3.63) is 29.0 Å². The van der Waals surface area contributed by atoms with Crippen LogP contribution < -0.4 is 5.14 Å². The molecule has 0 bridgehead atoms. The van der Waals surface area contributed by atoms with Crippen molar-refractivity contribution in [2.75, 3.05) is 0 Å². The third-order valence-corrected chi connectivity index (χ3v) is 2.17. The summed E-state index contributed by atoms with van der Waals surface area (Å²) in [6, 6.07) is 4.19. The lowest BCUT2D eigenvalue weighted by Gasteiger charge is -1.98. The van der Waals surface area contributed by atoms with E-state index in [-0.39, 0.29) is 9.92 Å². The van der Waals surface area contributed by atoms with Gasteiger partial charge in [0.15, 0.2) is 5.82 Å². The van der Waals surface area contributed by atoms with Crippen LogP contribution in [0.3, 0.4) is 0 Å². The van der Waals surface area contributed by atoms with Gasteiger partial charge in [-0.15, -0.1) is 0 Å². The normalized spacial score (nSPS) is 13.0. The van der Waals surface area contributed by atoms with E-state index in [9.17, 15) is 8.60 Å². The van der Waals surface area contributed by atoms with E-state index in [4.69, 9.17) is 16.7 Å². The molecule has 2 N–H and O–H groups in total. The molecule has 1 rings (SSSR count). The van der Waals surface area contributed by atoms with E-state index in [2.05, 4.69) is 0 Å². The van der Waals surface area contributed by atoms with Gasteiger partial charge in [-0.2, -0.15) is 0 Å². The second-order valence-corrected chi connectivity index (χ2v) is 3.29. The predicted molar refractivity (Wildman–Crippen MR) is 42.0 cm³/mol. The topological polar surface area (TPSA) is 43.1 Å². The summed E-state index contributed by atoms with van der Waals surface area (Å²) < 4.78 is 23.5. The van der Waals surface area contributed by atoms with Gasteiger partial charge >= 0.3 is 0 Å². The van der Waals surface area contributed by atoms with Gasteiger partial charge in [0.1, 0.15) is 11.0 Å². The highest BCUT2D eigenvalue weighted by Gasteiger charge is 2.08. The molecule has 1 unspecified atom stereocenters. The van der Waals surface area contributed by atoms with Crippen LogP contribution in [0.4, 0.5) is 4.39 Å². The van der Waals surface area contributed by atoms with Gasteiger partial charge in [-0.3, -0.25) is 0 Å². The highest BCUT2D eigenvalue weighted by Crippen LogP contribution is 2.18. The largest absolute Gasteiger partial charge is 0.247 e. The fourth-order valence-corrected chi connectivity index (χ4v) is 1.37. The minimum absolute atomic E-state index is 0.0682. The molecule has 1 atom stereocenters. The van der Waals surface area contributed by atoms with Crippen molar-refractivity contribution in [3.8, 4) is 0 Å².